The van der Waals surface area contributed by atoms with E-state index >= 15 is 0 Å². The van der Waals surface area contributed by atoms with Crippen LogP contribution in [0.5, 0.6) is 0 Å². The normalized spacial score (nSPS) is 12.1. The molecule has 0 atom stereocenters. The summed E-state index contributed by atoms with van der Waals surface area (Å²) in [5.41, 5.74) is 11.0. The first kappa shape index (κ1) is 24.8. The van der Waals surface area contributed by atoms with Gasteiger partial charge in [0.25, 0.3) is 0 Å². The molecule has 0 amide bonds. The topological polar surface area (TPSA) is 14.2 Å². The molecule has 41 heavy (non-hydrogen) atoms. The van der Waals surface area contributed by atoms with Crippen LogP contribution in [0, 0.1) is 0 Å². The van der Waals surface area contributed by atoms with Crippen LogP contribution in [0.1, 0.15) is 11.1 Å². The van der Waals surface area contributed by atoms with Gasteiger partial charge in [0.05, 0.1) is 22.7 Å². The Hall–Kier alpha value is -5.22. The summed E-state index contributed by atoms with van der Waals surface area (Å²) < 4.78 is 4.29. The van der Waals surface area contributed by atoms with Gasteiger partial charge in [0.15, 0.2) is 31.3 Å². The van der Waals surface area contributed by atoms with Crippen LogP contribution >= 0.6 is 0 Å². The third-order valence-corrected chi connectivity index (χ3v) is 7.77. The van der Waals surface area contributed by atoms with Crippen molar-refractivity contribution in [2.75, 3.05) is 9.80 Å². The summed E-state index contributed by atoms with van der Waals surface area (Å²) in [5.74, 6) is 0. The van der Waals surface area contributed by atoms with Crippen molar-refractivity contribution in [1.82, 2.24) is 0 Å². The van der Waals surface area contributed by atoms with E-state index in [1.54, 1.807) is 0 Å². The summed E-state index contributed by atoms with van der Waals surface area (Å²) in [6.07, 6.45) is 8.49. The summed E-state index contributed by atoms with van der Waals surface area (Å²) in [5, 5.41) is 0. The van der Waals surface area contributed by atoms with Crippen molar-refractivity contribution in [2.24, 2.45) is 7.05 Å². The number of rotatable bonds is 6. The van der Waals surface area contributed by atoms with Crippen molar-refractivity contribution in [3.8, 4) is 11.1 Å². The van der Waals surface area contributed by atoms with Gasteiger partial charge in [0.1, 0.15) is 7.05 Å². The first-order chi connectivity index (χ1) is 20.2. The van der Waals surface area contributed by atoms with Gasteiger partial charge in [0.2, 0.25) is 0 Å². The molecule has 0 radical (unpaired) electrons. The van der Waals surface area contributed by atoms with Gasteiger partial charge in [-0.3, -0.25) is 0 Å². The zero-order valence-electron chi connectivity index (χ0n) is 23.1. The summed E-state index contributed by atoms with van der Waals surface area (Å²) in [7, 11) is 2.04. The van der Waals surface area contributed by atoms with Crippen molar-refractivity contribution in [3.05, 3.63) is 163 Å². The third kappa shape index (κ3) is 4.96. The molecule has 1 aliphatic rings. The highest BCUT2D eigenvalue weighted by Crippen LogP contribution is 2.51. The lowest BCUT2D eigenvalue weighted by molar-refractivity contribution is -0.688. The number of aryl methyl sites for hydroxylation is 1. The van der Waals surface area contributed by atoms with Gasteiger partial charge in [-0.2, -0.15) is 0 Å². The predicted octanol–water partition coefficient (Wildman–Crippen LogP) is 7.64. The standard InChI is InChI=1S/C37H32N4/c1-38-23-19-31(20-24-38)32-21-25-39(26-22-32)27-29-15-17-30(18-16-29)28-40-34-11-5-7-13-36(34)41(33-9-3-2-4-10-33)37-14-8-6-12-35(37)40/h2-26H,27-28H2,1H3/q+2. The lowest BCUT2D eigenvalue weighted by atomic mass is 10.0. The predicted molar refractivity (Wildman–Crippen MR) is 166 cm³/mol. The fourth-order valence-electron chi connectivity index (χ4n) is 5.64. The van der Waals surface area contributed by atoms with Crippen LogP contribution in [-0.4, -0.2) is 0 Å². The number of hydrogen-bond donors (Lipinski definition) is 0. The van der Waals surface area contributed by atoms with Crippen molar-refractivity contribution < 1.29 is 9.13 Å². The van der Waals surface area contributed by atoms with E-state index in [2.05, 4.69) is 171 Å². The Morgan fingerprint density at radius 1 is 0.488 bits per heavy atom. The summed E-state index contributed by atoms with van der Waals surface area (Å²) in [6.45, 7) is 1.64. The molecule has 0 saturated carbocycles. The highest BCUT2D eigenvalue weighted by Gasteiger charge is 2.28. The Morgan fingerprint density at radius 3 is 1.56 bits per heavy atom. The number of benzene rings is 4. The van der Waals surface area contributed by atoms with Crippen LogP contribution in [0.3, 0.4) is 0 Å². The Labute approximate surface area is 241 Å². The van der Waals surface area contributed by atoms with Gasteiger partial charge < -0.3 is 9.80 Å². The van der Waals surface area contributed by atoms with Crippen LogP contribution in [0.15, 0.2) is 152 Å². The van der Waals surface area contributed by atoms with Crippen LogP contribution in [-0.2, 0) is 20.1 Å². The van der Waals surface area contributed by atoms with Gasteiger partial charge >= 0.3 is 0 Å². The van der Waals surface area contributed by atoms with E-state index in [4.69, 9.17) is 0 Å². The average Bonchev–Trinajstić information content (AvgIpc) is 3.03. The zero-order chi connectivity index (χ0) is 27.6. The third-order valence-electron chi connectivity index (χ3n) is 7.77. The molecule has 198 valence electrons. The van der Waals surface area contributed by atoms with Crippen molar-refractivity contribution in [2.45, 2.75) is 13.1 Å². The molecule has 4 nitrogen and oxygen atoms in total. The minimum atomic E-state index is 0.799. The SMILES string of the molecule is C[n+]1ccc(-c2cc[n+](Cc3ccc(CN4c5ccccc5N(c5ccccc5)c5ccccc54)cc3)cc2)cc1. The molecule has 2 aromatic heterocycles. The molecule has 0 fully saturated rings. The lowest BCUT2D eigenvalue weighted by Crippen LogP contribution is -2.33. The van der Waals surface area contributed by atoms with Crippen molar-refractivity contribution >= 4 is 28.4 Å². The molecule has 0 unspecified atom stereocenters. The van der Waals surface area contributed by atoms with Crippen LogP contribution in [0.2, 0.25) is 0 Å². The number of aromatic nitrogens is 2. The molecular weight excluding hydrogens is 500 g/mol. The fourth-order valence-corrected chi connectivity index (χ4v) is 5.64. The average molecular weight is 533 g/mol. The number of para-hydroxylation sites is 5. The van der Waals surface area contributed by atoms with Crippen LogP contribution < -0.4 is 18.9 Å². The highest BCUT2D eigenvalue weighted by molar-refractivity contribution is 5.97. The number of pyridine rings is 2. The zero-order valence-corrected chi connectivity index (χ0v) is 23.1. The monoisotopic (exact) mass is 532 g/mol. The molecule has 7 rings (SSSR count). The van der Waals surface area contributed by atoms with E-state index < -0.39 is 0 Å². The second-order valence-electron chi connectivity index (χ2n) is 10.6. The highest BCUT2D eigenvalue weighted by atomic mass is 15.3. The summed E-state index contributed by atoms with van der Waals surface area (Å²) in [4.78, 5) is 4.81. The molecule has 4 heteroatoms. The van der Waals surface area contributed by atoms with E-state index in [-0.39, 0.29) is 0 Å². The second-order valence-corrected chi connectivity index (χ2v) is 10.6. The molecule has 6 aromatic rings. The molecule has 1 aliphatic heterocycles. The first-order valence-corrected chi connectivity index (χ1v) is 14.1. The maximum absolute atomic E-state index is 2.44. The molecule has 4 aromatic carbocycles. The van der Waals surface area contributed by atoms with Gasteiger partial charge in [-0.05, 0) is 53.1 Å². The maximum Gasteiger partial charge on any atom is 0.173 e. The van der Waals surface area contributed by atoms with E-state index in [0.717, 1.165) is 13.1 Å². The largest absolute Gasteiger partial charge is 0.334 e. The number of hydrogen-bond acceptors (Lipinski definition) is 2. The van der Waals surface area contributed by atoms with Crippen LogP contribution in [0.4, 0.5) is 28.4 Å². The van der Waals surface area contributed by atoms with Crippen LogP contribution in [0.25, 0.3) is 11.1 Å². The van der Waals surface area contributed by atoms with Gasteiger partial charge in [-0.1, -0.05) is 66.7 Å². The maximum atomic E-state index is 2.44. The van der Waals surface area contributed by atoms with Gasteiger partial charge in [-0.25, -0.2) is 9.13 Å². The van der Waals surface area contributed by atoms with E-state index in [0.29, 0.717) is 0 Å². The fraction of sp³-hybridized carbons (Fsp3) is 0.0811. The lowest BCUT2D eigenvalue weighted by Gasteiger charge is -2.40. The van der Waals surface area contributed by atoms with Crippen molar-refractivity contribution in [3.63, 3.8) is 0 Å². The molecule has 0 N–H and O–H groups in total. The van der Waals surface area contributed by atoms with E-state index in [1.165, 1.54) is 50.7 Å². The number of anilines is 5. The van der Waals surface area contributed by atoms with E-state index in [9.17, 15) is 0 Å². The second kappa shape index (κ2) is 10.7. The molecule has 0 saturated heterocycles. The molecule has 0 aliphatic carbocycles. The molecule has 3 heterocycles. The molecule has 0 spiro atoms. The quantitative estimate of drug-likeness (QED) is 0.205. The minimum Gasteiger partial charge on any atom is -0.334 e. The Balaban J connectivity index is 1.12. The molecule has 0 bridgehead atoms. The summed E-state index contributed by atoms with van der Waals surface area (Å²) >= 11 is 0. The van der Waals surface area contributed by atoms with Gasteiger partial charge in [-0.15, -0.1) is 0 Å². The molecular formula is C37H32N4+2. The first-order valence-electron chi connectivity index (χ1n) is 14.1. The minimum absolute atomic E-state index is 0.799. The Bertz CT molecular complexity index is 1730. The smallest absolute Gasteiger partial charge is 0.173 e. The van der Waals surface area contributed by atoms with Crippen molar-refractivity contribution in [1.29, 1.82) is 0 Å². The number of nitrogens with zero attached hydrogens (tertiary/aromatic N) is 4. The summed E-state index contributed by atoms with van der Waals surface area (Å²) in [6, 6.07) is 45.7. The van der Waals surface area contributed by atoms with E-state index in [1.807, 2.05) is 7.05 Å². The van der Waals surface area contributed by atoms with Gasteiger partial charge in [0, 0.05) is 42.1 Å². The Morgan fingerprint density at radius 2 is 0.976 bits per heavy atom. The number of fused-ring (bicyclic) bond motifs is 2. The Kier molecular flexibility index (Phi) is 6.50.